The molecule has 10 nitrogen and oxygen atoms in total. The summed E-state index contributed by atoms with van der Waals surface area (Å²) in [5, 5.41) is 3.93. The molecule has 4 rings (SSSR count). The highest BCUT2D eigenvalue weighted by Gasteiger charge is 2.23. The molecule has 1 amide bonds. The first-order valence-corrected chi connectivity index (χ1v) is 11.5. The average Bonchev–Trinajstić information content (AvgIpc) is 2.84. The summed E-state index contributed by atoms with van der Waals surface area (Å²) in [7, 11) is 5.66. The first-order chi connectivity index (χ1) is 16.8. The lowest BCUT2D eigenvalue weighted by molar-refractivity contribution is -0.123. The third-order valence-corrected chi connectivity index (χ3v) is 5.86. The smallest absolute Gasteiger partial charge is 0.265 e. The van der Waals surface area contributed by atoms with E-state index in [1.165, 1.54) is 0 Å². The molecule has 1 aromatic heterocycles. The zero-order valence-electron chi connectivity index (χ0n) is 19.8. The first kappa shape index (κ1) is 24.6. The predicted octanol–water partition coefficient (Wildman–Crippen LogP) is 2.44. The number of rotatable bonds is 7. The number of hydrazine groups is 1. The molecular weight excluding hydrogens is 475 g/mol. The van der Waals surface area contributed by atoms with E-state index in [1.807, 2.05) is 49.5 Å². The number of carbonyl (C=O) groups excluding carboxylic acids is 1. The van der Waals surface area contributed by atoms with E-state index in [0.29, 0.717) is 31.3 Å². The number of likely N-dealkylation sites (N-methyl/N-ethyl adjacent to an activating group) is 1. The number of ether oxygens (including phenoxy) is 1. The van der Waals surface area contributed by atoms with Gasteiger partial charge in [0.25, 0.3) is 5.91 Å². The van der Waals surface area contributed by atoms with E-state index in [-0.39, 0.29) is 17.7 Å². The fourth-order valence-corrected chi connectivity index (χ4v) is 4.09. The van der Waals surface area contributed by atoms with Crippen LogP contribution in [0, 0.1) is 5.82 Å². The van der Waals surface area contributed by atoms with Gasteiger partial charge in [0, 0.05) is 46.1 Å². The Hall–Kier alpha value is -3.57. The Morgan fingerprint density at radius 2 is 2.06 bits per heavy atom. The third-order valence-electron chi connectivity index (χ3n) is 5.56. The maximum absolute atomic E-state index is 14.2. The highest BCUT2D eigenvalue weighted by atomic mass is 35.5. The minimum Gasteiger partial charge on any atom is -0.378 e. The van der Waals surface area contributed by atoms with Crippen LogP contribution in [0.3, 0.4) is 0 Å². The molecule has 1 aromatic carbocycles. The van der Waals surface area contributed by atoms with E-state index in [4.69, 9.17) is 16.3 Å². The highest BCUT2D eigenvalue weighted by Crippen LogP contribution is 2.28. The van der Waals surface area contributed by atoms with Gasteiger partial charge in [-0.05, 0) is 24.3 Å². The minimum atomic E-state index is -0.563. The van der Waals surface area contributed by atoms with Gasteiger partial charge in [-0.3, -0.25) is 15.6 Å². The number of anilines is 4. The van der Waals surface area contributed by atoms with Crippen LogP contribution in [0.1, 0.15) is 0 Å². The number of carbonyl (C=O) groups is 1. The lowest BCUT2D eigenvalue weighted by atomic mass is 10.1. The molecule has 0 radical (unpaired) electrons. The largest absolute Gasteiger partial charge is 0.378 e. The van der Waals surface area contributed by atoms with E-state index >= 15 is 0 Å². The normalized spacial score (nSPS) is 17.6. The van der Waals surface area contributed by atoms with Crippen molar-refractivity contribution in [3.05, 3.63) is 59.3 Å². The fraction of sp³-hybridized carbons (Fsp3) is 0.348. The summed E-state index contributed by atoms with van der Waals surface area (Å²) in [5.74, 6) is -0.577. The van der Waals surface area contributed by atoms with E-state index in [0.717, 1.165) is 23.3 Å². The molecule has 1 fully saturated rings. The molecule has 2 aliphatic heterocycles. The van der Waals surface area contributed by atoms with Crippen LogP contribution in [0.5, 0.6) is 0 Å². The zero-order chi connectivity index (χ0) is 24.9. The van der Waals surface area contributed by atoms with Crippen molar-refractivity contribution in [2.24, 2.45) is 0 Å². The van der Waals surface area contributed by atoms with Crippen LogP contribution in [-0.2, 0) is 9.53 Å². The van der Waals surface area contributed by atoms with Gasteiger partial charge in [0.1, 0.15) is 6.04 Å². The maximum atomic E-state index is 14.2. The number of benzene rings is 1. The number of allylic oxidation sites excluding steroid dienone is 1. The maximum Gasteiger partial charge on any atom is 0.265 e. The number of nitrogens with one attached hydrogen (secondary N) is 3. The topological polar surface area (TPSA) is 97.9 Å². The van der Waals surface area contributed by atoms with Gasteiger partial charge in [-0.15, -0.1) is 0 Å². The Morgan fingerprint density at radius 3 is 2.74 bits per heavy atom. The standard InChI is InChI=1S/C23H28ClFN8O2/c1-31(2)19-6-4-15(12-17(19)24)27-16-5-7-20(32(3)14-16)22(34)29-30-23-26-13-18(25)21(28-23)33-8-10-35-11-9-33/h4-7,12-14,20,27H,8-11H2,1-3H3,(H,29,34)(H,26,28,30). The van der Waals surface area contributed by atoms with Crippen molar-refractivity contribution >= 4 is 40.6 Å². The Morgan fingerprint density at radius 1 is 1.29 bits per heavy atom. The van der Waals surface area contributed by atoms with Crippen molar-refractivity contribution in [2.75, 3.05) is 68.0 Å². The minimum absolute atomic E-state index is 0.0969. The van der Waals surface area contributed by atoms with Crippen molar-refractivity contribution < 1.29 is 13.9 Å². The number of nitrogens with zero attached hydrogens (tertiary/aromatic N) is 5. The Bertz CT molecular complexity index is 1140. The number of aromatic nitrogens is 2. The molecule has 0 saturated carbocycles. The van der Waals surface area contributed by atoms with Crippen LogP contribution in [0.2, 0.25) is 5.02 Å². The molecule has 3 N–H and O–H groups in total. The summed E-state index contributed by atoms with van der Waals surface area (Å²) >= 11 is 6.35. The number of halogens is 2. The summed E-state index contributed by atoms with van der Waals surface area (Å²) in [4.78, 5) is 26.4. The summed E-state index contributed by atoms with van der Waals surface area (Å²) in [6.45, 7) is 2.07. The van der Waals surface area contributed by atoms with Gasteiger partial charge >= 0.3 is 0 Å². The molecule has 35 heavy (non-hydrogen) atoms. The molecule has 2 aromatic rings. The zero-order valence-corrected chi connectivity index (χ0v) is 20.5. The van der Waals surface area contributed by atoms with E-state index in [1.54, 1.807) is 22.9 Å². The lowest BCUT2D eigenvalue weighted by Gasteiger charge is -2.28. The second-order valence-corrected chi connectivity index (χ2v) is 8.73. The number of hydrogen-bond donors (Lipinski definition) is 3. The number of amides is 1. The van der Waals surface area contributed by atoms with Crippen LogP contribution in [0.15, 0.2) is 48.4 Å². The number of hydrogen-bond acceptors (Lipinski definition) is 9. The van der Waals surface area contributed by atoms with Crippen molar-refractivity contribution in [1.29, 1.82) is 0 Å². The average molecular weight is 503 g/mol. The quantitative estimate of drug-likeness (QED) is 0.493. The van der Waals surface area contributed by atoms with Crippen LogP contribution >= 0.6 is 11.6 Å². The van der Waals surface area contributed by atoms with Crippen LogP contribution in [-0.4, -0.2) is 74.3 Å². The van der Waals surface area contributed by atoms with Crippen LogP contribution < -0.4 is 26.0 Å². The second kappa shape index (κ2) is 10.8. The second-order valence-electron chi connectivity index (χ2n) is 8.32. The van der Waals surface area contributed by atoms with Gasteiger partial charge in [0.05, 0.1) is 35.8 Å². The summed E-state index contributed by atoms with van der Waals surface area (Å²) in [5.41, 5.74) is 7.83. The van der Waals surface area contributed by atoms with Crippen molar-refractivity contribution in [2.45, 2.75) is 6.04 Å². The molecule has 186 valence electrons. The molecule has 2 aliphatic rings. The molecule has 0 bridgehead atoms. The summed E-state index contributed by atoms with van der Waals surface area (Å²) in [6.07, 6.45) is 6.49. The third kappa shape index (κ3) is 5.92. The van der Waals surface area contributed by atoms with E-state index in [9.17, 15) is 9.18 Å². The SMILES string of the molecule is CN(C)c1ccc(NC2=CN(C)C(C(=O)NNc3ncc(F)c(N4CCOCC4)n3)C=C2)cc1Cl. The number of morpholine rings is 1. The molecule has 1 saturated heterocycles. The van der Waals surface area contributed by atoms with Crippen LogP contribution in [0.4, 0.5) is 27.5 Å². The Kier molecular flexibility index (Phi) is 7.57. The van der Waals surface area contributed by atoms with E-state index < -0.39 is 11.9 Å². The predicted molar refractivity (Wildman–Crippen MR) is 135 cm³/mol. The lowest BCUT2D eigenvalue weighted by Crippen LogP contribution is -2.45. The van der Waals surface area contributed by atoms with Crippen molar-refractivity contribution in [3.63, 3.8) is 0 Å². The van der Waals surface area contributed by atoms with Crippen LogP contribution in [0.25, 0.3) is 0 Å². The fourth-order valence-electron chi connectivity index (χ4n) is 3.74. The van der Waals surface area contributed by atoms with Gasteiger partial charge in [-0.2, -0.15) is 4.98 Å². The first-order valence-electron chi connectivity index (χ1n) is 11.1. The van der Waals surface area contributed by atoms with Crippen molar-refractivity contribution in [3.8, 4) is 0 Å². The molecule has 12 heteroatoms. The highest BCUT2D eigenvalue weighted by molar-refractivity contribution is 6.33. The molecule has 3 heterocycles. The molecule has 1 unspecified atom stereocenters. The van der Waals surface area contributed by atoms with Gasteiger partial charge in [0.2, 0.25) is 5.95 Å². The molecular formula is C23H28ClFN8O2. The summed E-state index contributed by atoms with van der Waals surface area (Å²) < 4.78 is 19.5. The Balaban J connectivity index is 1.34. The van der Waals surface area contributed by atoms with Gasteiger partial charge in [-0.25, -0.2) is 9.37 Å². The molecule has 0 spiro atoms. The van der Waals surface area contributed by atoms with E-state index in [2.05, 4.69) is 26.1 Å². The van der Waals surface area contributed by atoms with Crippen molar-refractivity contribution in [1.82, 2.24) is 20.3 Å². The molecule has 0 aliphatic carbocycles. The van der Waals surface area contributed by atoms with Gasteiger partial charge < -0.3 is 24.8 Å². The monoisotopic (exact) mass is 502 g/mol. The molecule has 1 atom stereocenters. The van der Waals surface area contributed by atoms with Gasteiger partial charge in [0.15, 0.2) is 11.6 Å². The summed E-state index contributed by atoms with van der Waals surface area (Å²) in [6, 6.07) is 5.16. The Labute approximate surface area is 208 Å². The van der Waals surface area contributed by atoms with Gasteiger partial charge in [-0.1, -0.05) is 17.7 Å².